The number of hydrogen-bond donors (Lipinski definition) is 3. The Balaban J connectivity index is 1.45. The summed E-state index contributed by atoms with van der Waals surface area (Å²) >= 11 is 0. The van der Waals surface area contributed by atoms with E-state index in [1.165, 1.54) is 11.8 Å². The van der Waals surface area contributed by atoms with E-state index in [0.29, 0.717) is 23.2 Å². The van der Waals surface area contributed by atoms with Gasteiger partial charge in [-0.15, -0.1) is 0 Å². The predicted octanol–water partition coefficient (Wildman–Crippen LogP) is 2.38. The minimum atomic E-state index is -0.157. The minimum absolute atomic E-state index is 0.128. The fraction of sp³-hybridized carbons (Fsp3) is 0.381. The number of carbonyl (C=O) groups is 1. The number of aryl methyl sites for hydroxylation is 1. The molecule has 3 N–H and O–H groups in total. The van der Waals surface area contributed by atoms with Gasteiger partial charge in [-0.25, -0.2) is 10.4 Å². The van der Waals surface area contributed by atoms with E-state index in [9.17, 15) is 4.79 Å². The van der Waals surface area contributed by atoms with Crippen LogP contribution in [0.25, 0.3) is 0 Å². The number of nitrogens with zero attached hydrogens (tertiary/aromatic N) is 2. The van der Waals surface area contributed by atoms with Crippen molar-refractivity contribution >= 4 is 5.91 Å². The zero-order chi connectivity index (χ0) is 18.8. The summed E-state index contributed by atoms with van der Waals surface area (Å²) in [6.07, 6.45) is 4.34. The summed E-state index contributed by atoms with van der Waals surface area (Å²) in [6.45, 7) is 1.82. The fourth-order valence-electron chi connectivity index (χ4n) is 4.31. The minimum Gasteiger partial charge on any atom is -0.348 e. The van der Waals surface area contributed by atoms with Crippen LogP contribution in [0.1, 0.15) is 52.5 Å². The Morgan fingerprint density at radius 3 is 2.81 bits per heavy atom. The van der Waals surface area contributed by atoms with Gasteiger partial charge in [-0.1, -0.05) is 30.3 Å². The molecule has 0 radical (unpaired) electrons. The highest BCUT2D eigenvalue weighted by atomic mass is 16.1. The molecule has 1 saturated heterocycles. The third kappa shape index (κ3) is 3.57. The van der Waals surface area contributed by atoms with Crippen LogP contribution in [0, 0.1) is 24.2 Å². The Morgan fingerprint density at radius 2 is 2.07 bits per heavy atom. The molecule has 6 nitrogen and oxygen atoms in total. The van der Waals surface area contributed by atoms with Crippen LogP contribution in [0.5, 0.6) is 0 Å². The monoisotopic (exact) mass is 361 g/mol. The fourth-order valence-corrected chi connectivity index (χ4v) is 4.31. The Kier molecular flexibility index (Phi) is 4.88. The van der Waals surface area contributed by atoms with Crippen molar-refractivity contribution in [1.82, 2.24) is 21.2 Å². The lowest BCUT2D eigenvalue weighted by Crippen LogP contribution is -2.44. The van der Waals surface area contributed by atoms with E-state index >= 15 is 0 Å². The average molecular weight is 361 g/mol. The van der Waals surface area contributed by atoms with E-state index < -0.39 is 0 Å². The van der Waals surface area contributed by atoms with E-state index in [2.05, 4.69) is 51.5 Å². The van der Waals surface area contributed by atoms with Crippen LogP contribution in [0.3, 0.4) is 0 Å². The maximum absolute atomic E-state index is 12.7. The van der Waals surface area contributed by atoms with Crippen LogP contribution in [-0.2, 0) is 0 Å². The highest BCUT2D eigenvalue weighted by molar-refractivity contribution is 5.93. The first-order valence-electron chi connectivity index (χ1n) is 9.39. The largest absolute Gasteiger partial charge is 0.348 e. The second-order valence-electron chi connectivity index (χ2n) is 7.43. The molecule has 1 saturated carbocycles. The van der Waals surface area contributed by atoms with Gasteiger partial charge in [-0.2, -0.15) is 5.26 Å². The first-order chi connectivity index (χ1) is 13.2. The van der Waals surface area contributed by atoms with Gasteiger partial charge < -0.3 is 5.32 Å². The van der Waals surface area contributed by atoms with Crippen molar-refractivity contribution in [2.75, 3.05) is 0 Å². The van der Waals surface area contributed by atoms with Gasteiger partial charge in [0.1, 0.15) is 11.8 Å². The second kappa shape index (κ2) is 7.47. The topological polar surface area (TPSA) is 89.8 Å². The van der Waals surface area contributed by atoms with Crippen LogP contribution in [-0.4, -0.2) is 23.0 Å². The highest BCUT2D eigenvalue weighted by Crippen LogP contribution is 2.38. The molecule has 2 fully saturated rings. The smallest absolute Gasteiger partial charge is 0.270 e. The normalized spacial score (nSPS) is 26.8. The maximum Gasteiger partial charge on any atom is 0.270 e. The van der Waals surface area contributed by atoms with E-state index in [1.54, 1.807) is 6.07 Å². The molecule has 4 atom stereocenters. The van der Waals surface area contributed by atoms with Gasteiger partial charge in [0.05, 0.1) is 11.6 Å². The van der Waals surface area contributed by atoms with E-state index in [4.69, 9.17) is 5.26 Å². The molecule has 138 valence electrons. The zero-order valence-corrected chi connectivity index (χ0v) is 15.3. The molecule has 1 aromatic heterocycles. The van der Waals surface area contributed by atoms with Crippen molar-refractivity contribution in [3.63, 3.8) is 0 Å². The first kappa shape index (κ1) is 17.7. The van der Waals surface area contributed by atoms with Crippen molar-refractivity contribution in [3.8, 4) is 6.07 Å². The number of benzene rings is 1. The number of hydrazine groups is 1. The third-order valence-corrected chi connectivity index (χ3v) is 5.67. The molecule has 4 unspecified atom stereocenters. The van der Waals surface area contributed by atoms with E-state index in [1.807, 2.05) is 13.0 Å². The quantitative estimate of drug-likeness (QED) is 0.781. The van der Waals surface area contributed by atoms with Crippen LogP contribution in [0.4, 0.5) is 0 Å². The van der Waals surface area contributed by atoms with Crippen molar-refractivity contribution < 1.29 is 4.79 Å². The lowest BCUT2D eigenvalue weighted by atomic mass is 9.77. The lowest BCUT2D eigenvalue weighted by molar-refractivity contribution is 0.0909. The standard InChI is InChI=1S/C21H23N5O/c1-13-9-14(11-22)12-23-19(13)21(27)24-16-7-8-18-17(10-16)20(26-25-18)15-5-3-2-4-6-15/h2-6,9,12,16-18,20,25-26H,7-8,10H2,1H3,(H,24,27). The number of nitrogens with one attached hydrogen (secondary N) is 3. The van der Waals surface area contributed by atoms with Crippen molar-refractivity contribution in [2.45, 2.75) is 44.3 Å². The Hall–Kier alpha value is -2.75. The lowest BCUT2D eigenvalue weighted by Gasteiger charge is -2.33. The van der Waals surface area contributed by atoms with Crippen LogP contribution >= 0.6 is 0 Å². The van der Waals surface area contributed by atoms with Crippen molar-refractivity contribution in [3.05, 3.63) is 65.0 Å². The molecule has 0 bridgehead atoms. The summed E-state index contributed by atoms with van der Waals surface area (Å²) in [5, 5.41) is 12.1. The summed E-state index contributed by atoms with van der Waals surface area (Å²) in [4.78, 5) is 16.9. The van der Waals surface area contributed by atoms with Gasteiger partial charge in [0.2, 0.25) is 0 Å². The maximum atomic E-state index is 12.7. The third-order valence-electron chi connectivity index (χ3n) is 5.67. The van der Waals surface area contributed by atoms with Gasteiger partial charge >= 0.3 is 0 Å². The van der Waals surface area contributed by atoms with Gasteiger partial charge in [0.25, 0.3) is 5.91 Å². The highest BCUT2D eigenvalue weighted by Gasteiger charge is 2.41. The molecule has 0 spiro atoms. The van der Waals surface area contributed by atoms with E-state index in [-0.39, 0.29) is 18.0 Å². The molecular weight excluding hydrogens is 338 g/mol. The number of rotatable bonds is 3. The molecule has 2 heterocycles. The second-order valence-corrected chi connectivity index (χ2v) is 7.43. The van der Waals surface area contributed by atoms with Crippen molar-refractivity contribution in [2.24, 2.45) is 5.92 Å². The molecule has 4 rings (SSSR count). The van der Waals surface area contributed by atoms with Crippen molar-refractivity contribution in [1.29, 1.82) is 5.26 Å². The number of carbonyl (C=O) groups excluding carboxylic acids is 1. The van der Waals surface area contributed by atoms with E-state index in [0.717, 1.165) is 24.8 Å². The summed E-state index contributed by atoms with van der Waals surface area (Å²) in [5.74, 6) is 0.275. The summed E-state index contributed by atoms with van der Waals surface area (Å²) < 4.78 is 0. The summed E-state index contributed by atoms with van der Waals surface area (Å²) in [5.41, 5.74) is 9.74. The number of fused-ring (bicyclic) bond motifs is 1. The van der Waals surface area contributed by atoms with Crippen LogP contribution in [0.15, 0.2) is 42.6 Å². The molecule has 1 amide bonds. The molecule has 1 aliphatic heterocycles. The number of pyridine rings is 1. The molecule has 1 aromatic carbocycles. The summed E-state index contributed by atoms with van der Waals surface area (Å²) in [7, 11) is 0. The van der Waals surface area contributed by atoms with Gasteiger partial charge in [-0.3, -0.25) is 10.2 Å². The Bertz CT molecular complexity index is 876. The summed E-state index contributed by atoms with van der Waals surface area (Å²) in [6, 6.07) is 15.0. The average Bonchev–Trinajstić information content (AvgIpc) is 3.11. The van der Waals surface area contributed by atoms with Gasteiger partial charge in [-0.05, 0) is 49.3 Å². The number of hydrogen-bond acceptors (Lipinski definition) is 5. The molecule has 2 aliphatic rings. The Morgan fingerprint density at radius 1 is 1.26 bits per heavy atom. The zero-order valence-electron chi connectivity index (χ0n) is 15.3. The molecule has 27 heavy (non-hydrogen) atoms. The van der Waals surface area contributed by atoms with Gasteiger partial charge in [0, 0.05) is 18.3 Å². The molecular formula is C21H23N5O. The number of aromatic nitrogens is 1. The number of nitriles is 1. The van der Waals surface area contributed by atoms with Gasteiger partial charge in [0.15, 0.2) is 0 Å². The first-order valence-corrected chi connectivity index (χ1v) is 9.39. The molecule has 1 aliphatic carbocycles. The molecule has 6 heteroatoms. The molecule has 2 aromatic rings. The Labute approximate surface area is 159 Å². The number of amides is 1. The predicted molar refractivity (Wildman–Crippen MR) is 102 cm³/mol. The van der Waals surface area contributed by atoms with Crippen LogP contribution in [0.2, 0.25) is 0 Å². The SMILES string of the molecule is Cc1cc(C#N)cnc1C(=O)NC1CCC2NNC(c3ccccc3)C2C1. The van der Waals surface area contributed by atoms with Crippen LogP contribution < -0.4 is 16.2 Å².